The molecule has 3 nitrogen and oxygen atoms in total. The lowest BCUT2D eigenvalue weighted by atomic mass is 10.2. The first kappa shape index (κ1) is 14.1. The molecule has 0 atom stereocenters. The lowest BCUT2D eigenvalue weighted by Crippen LogP contribution is -2.30. The number of rotatable bonds is 6. The highest BCUT2D eigenvalue weighted by atomic mass is 32.1. The number of carbonyl (C=O) groups is 1. The average molecular weight is 317 g/mol. The van der Waals surface area contributed by atoms with Gasteiger partial charge in [-0.3, -0.25) is 4.79 Å². The van der Waals surface area contributed by atoms with Gasteiger partial charge in [0.05, 0.1) is 25.8 Å². The fourth-order valence-corrected chi connectivity index (χ4v) is 3.50. The molecule has 3 aromatic heterocycles. The Hall–Kier alpha value is -1.85. The van der Waals surface area contributed by atoms with Crippen molar-refractivity contribution in [2.75, 3.05) is 0 Å². The summed E-state index contributed by atoms with van der Waals surface area (Å²) in [6.45, 7) is 1.14. The highest BCUT2D eigenvalue weighted by Crippen LogP contribution is 2.17. The van der Waals surface area contributed by atoms with Crippen molar-refractivity contribution >= 4 is 28.6 Å². The number of carbonyl (C=O) groups excluding carboxylic acids is 1. The van der Waals surface area contributed by atoms with Gasteiger partial charge in [-0.15, -0.1) is 22.7 Å². The summed E-state index contributed by atoms with van der Waals surface area (Å²) in [6.07, 6.45) is 2.09. The average Bonchev–Trinajstić information content (AvgIpc) is 3.21. The molecule has 5 heteroatoms. The molecule has 0 unspecified atom stereocenters. The van der Waals surface area contributed by atoms with Crippen LogP contribution >= 0.6 is 22.7 Å². The largest absolute Gasteiger partial charge is 0.467 e. The van der Waals surface area contributed by atoms with E-state index in [1.165, 1.54) is 4.88 Å². The van der Waals surface area contributed by atoms with E-state index in [4.69, 9.17) is 4.42 Å². The maximum absolute atomic E-state index is 12.6. The van der Waals surface area contributed by atoms with Crippen molar-refractivity contribution in [2.24, 2.45) is 0 Å². The summed E-state index contributed by atoms with van der Waals surface area (Å²) in [5.74, 6) is 0.938. The predicted octanol–water partition coefficient (Wildman–Crippen LogP) is 4.17. The molecule has 0 saturated carbocycles. The van der Waals surface area contributed by atoms with Crippen LogP contribution in [0.2, 0.25) is 0 Å². The van der Waals surface area contributed by atoms with Gasteiger partial charge in [0.1, 0.15) is 5.76 Å². The molecule has 0 bridgehead atoms. The lowest BCUT2D eigenvalue weighted by molar-refractivity contribution is -0.131. The summed E-state index contributed by atoms with van der Waals surface area (Å²) in [5, 5.41) is 4.03. The Balaban J connectivity index is 1.72. The first-order valence-electron chi connectivity index (χ1n) is 6.66. The monoisotopic (exact) mass is 317 g/mol. The normalized spacial score (nSPS) is 10.7. The van der Waals surface area contributed by atoms with E-state index in [9.17, 15) is 4.79 Å². The number of hydrogen-bond acceptors (Lipinski definition) is 4. The summed E-state index contributed by atoms with van der Waals surface area (Å²) in [6, 6.07) is 11.8. The summed E-state index contributed by atoms with van der Waals surface area (Å²) in [5.41, 5.74) is 0. The third kappa shape index (κ3) is 3.83. The summed E-state index contributed by atoms with van der Waals surface area (Å²) < 4.78 is 5.38. The molecule has 3 heterocycles. The van der Waals surface area contributed by atoms with Crippen LogP contribution in [0.3, 0.4) is 0 Å². The Morgan fingerprint density at radius 2 is 1.76 bits per heavy atom. The third-order valence-corrected chi connectivity index (χ3v) is 4.85. The van der Waals surface area contributed by atoms with Crippen LogP contribution < -0.4 is 0 Å². The second-order valence-corrected chi connectivity index (χ2v) is 6.73. The van der Waals surface area contributed by atoms with E-state index in [1.54, 1.807) is 28.9 Å². The first-order valence-corrected chi connectivity index (χ1v) is 8.42. The molecule has 0 spiro atoms. The maximum atomic E-state index is 12.6. The molecule has 0 aliphatic heterocycles. The van der Waals surface area contributed by atoms with Crippen LogP contribution in [0, 0.1) is 0 Å². The lowest BCUT2D eigenvalue weighted by Gasteiger charge is -2.21. The Morgan fingerprint density at radius 1 is 1.00 bits per heavy atom. The summed E-state index contributed by atoms with van der Waals surface area (Å²) >= 11 is 3.28. The Bertz CT molecular complexity index is 621. The number of hydrogen-bond donors (Lipinski definition) is 0. The van der Waals surface area contributed by atoms with Crippen LogP contribution in [0.15, 0.2) is 57.8 Å². The Labute approximate surface area is 131 Å². The molecule has 0 saturated heterocycles. The maximum Gasteiger partial charge on any atom is 0.228 e. The number of amides is 1. The minimum atomic E-state index is 0.127. The molecule has 0 radical (unpaired) electrons. The third-order valence-electron chi connectivity index (χ3n) is 3.11. The van der Waals surface area contributed by atoms with Gasteiger partial charge in [0.15, 0.2) is 0 Å². The molecule has 0 aliphatic carbocycles. The van der Waals surface area contributed by atoms with Gasteiger partial charge < -0.3 is 9.32 Å². The minimum absolute atomic E-state index is 0.127. The molecule has 108 valence electrons. The Kier molecular flexibility index (Phi) is 4.52. The van der Waals surface area contributed by atoms with Crippen LogP contribution in [0.5, 0.6) is 0 Å². The van der Waals surface area contributed by atoms with Gasteiger partial charge in [-0.25, -0.2) is 0 Å². The van der Waals surface area contributed by atoms with Crippen molar-refractivity contribution < 1.29 is 9.21 Å². The quantitative estimate of drug-likeness (QED) is 0.683. The molecule has 0 aromatic carbocycles. The van der Waals surface area contributed by atoms with Gasteiger partial charge in [-0.05, 0) is 35.0 Å². The molecule has 1 amide bonds. The van der Waals surface area contributed by atoms with Crippen molar-refractivity contribution in [3.8, 4) is 0 Å². The molecule has 0 N–H and O–H groups in total. The second-order valence-electron chi connectivity index (χ2n) is 4.66. The fraction of sp³-hybridized carbons (Fsp3) is 0.188. The zero-order valence-electron chi connectivity index (χ0n) is 11.4. The smallest absolute Gasteiger partial charge is 0.228 e. The van der Waals surface area contributed by atoms with Crippen LogP contribution in [0.1, 0.15) is 15.5 Å². The fourth-order valence-electron chi connectivity index (χ4n) is 2.09. The van der Waals surface area contributed by atoms with Gasteiger partial charge in [-0.2, -0.15) is 0 Å². The van der Waals surface area contributed by atoms with E-state index in [0.717, 1.165) is 10.6 Å². The van der Waals surface area contributed by atoms with E-state index in [0.29, 0.717) is 19.5 Å². The topological polar surface area (TPSA) is 33.5 Å². The van der Waals surface area contributed by atoms with Gasteiger partial charge >= 0.3 is 0 Å². The van der Waals surface area contributed by atoms with E-state index in [1.807, 2.05) is 46.0 Å². The molecule has 0 aliphatic rings. The highest BCUT2D eigenvalue weighted by molar-refractivity contribution is 7.10. The van der Waals surface area contributed by atoms with Crippen molar-refractivity contribution in [3.63, 3.8) is 0 Å². The van der Waals surface area contributed by atoms with Crippen LogP contribution in [0.4, 0.5) is 0 Å². The standard InChI is InChI=1S/C16H15NO2S2/c18-16(10-14-5-2-8-20-14)17(11-13-4-1-7-19-13)12-15-6-3-9-21-15/h1-9H,10-12H2. The zero-order valence-corrected chi connectivity index (χ0v) is 13.0. The Morgan fingerprint density at radius 3 is 2.38 bits per heavy atom. The first-order chi connectivity index (χ1) is 10.3. The number of nitrogens with zero attached hydrogens (tertiary/aromatic N) is 1. The van der Waals surface area contributed by atoms with Crippen molar-refractivity contribution in [2.45, 2.75) is 19.5 Å². The summed E-state index contributed by atoms with van der Waals surface area (Å²) in [7, 11) is 0. The number of furan rings is 1. The SMILES string of the molecule is O=C(Cc1cccs1)N(Cc1ccco1)Cc1cccs1. The van der Waals surface area contributed by atoms with Gasteiger partial charge in [-0.1, -0.05) is 12.1 Å². The van der Waals surface area contributed by atoms with Gasteiger partial charge in [0, 0.05) is 9.75 Å². The summed E-state index contributed by atoms with van der Waals surface area (Å²) in [4.78, 5) is 16.7. The molecule has 21 heavy (non-hydrogen) atoms. The highest BCUT2D eigenvalue weighted by Gasteiger charge is 2.17. The molecule has 3 aromatic rings. The van der Waals surface area contributed by atoms with E-state index in [2.05, 4.69) is 6.07 Å². The van der Waals surface area contributed by atoms with Crippen molar-refractivity contribution in [1.29, 1.82) is 0 Å². The predicted molar refractivity (Wildman–Crippen MR) is 85.3 cm³/mol. The van der Waals surface area contributed by atoms with Crippen LogP contribution in [-0.2, 0) is 24.3 Å². The molecular weight excluding hydrogens is 302 g/mol. The van der Waals surface area contributed by atoms with Crippen LogP contribution in [0.25, 0.3) is 0 Å². The zero-order chi connectivity index (χ0) is 14.5. The van der Waals surface area contributed by atoms with Gasteiger partial charge in [0.25, 0.3) is 0 Å². The number of thiophene rings is 2. The van der Waals surface area contributed by atoms with Gasteiger partial charge in [0.2, 0.25) is 5.91 Å². The molecular formula is C16H15NO2S2. The van der Waals surface area contributed by atoms with E-state index < -0.39 is 0 Å². The van der Waals surface area contributed by atoms with Crippen LogP contribution in [-0.4, -0.2) is 10.8 Å². The minimum Gasteiger partial charge on any atom is -0.467 e. The van der Waals surface area contributed by atoms with E-state index in [-0.39, 0.29) is 5.91 Å². The van der Waals surface area contributed by atoms with Crippen molar-refractivity contribution in [1.82, 2.24) is 4.90 Å². The molecule has 3 rings (SSSR count). The molecule has 0 fully saturated rings. The second kappa shape index (κ2) is 6.74. The van der Waals surface area contributed by atoms with Crippen molar-refractivity contribution in [3.05, 3.63) is 68.9 Å². The van der Waals surface area contributed by atoms with E-state index >= 15 is 0 Å².